The van der Waals surface area contributed by atoms with E-state index in [4.69, 9.17) is 16.3 Å². The zero-order chi connectivity index (χ0) is 23.6. The van der Waals surface area contributed by atoms with Gasteiger partial charge in [0.05, 0.1) is 11.8 Å². The Labute approximate surface area is 191 Å². The molecule has 1 aliphatic rings. The van der Waals surface area contributed by atoms with Gasteiger partial charge in [0.15, 0.2) is 0 Å². The van der Waals surface area contributed by atoms with Crippen LogP contribution in [0.5, 0.6) is 0 Å². The van der Waals surface area contributed by atoms with Crippen LogP contribution in [0.4, 0.5) is 4.79 Å². The number of halogens is 1. The first-order chi connectivity index (χ1) is 14.2. The number of carbonyl (C=O) groups excluding carboxylic acids is 2. The van der Waals surface area contributed by atoms with Gasteiger partial charge in [-0.1, -0.05) is 17.7 Å². The maximum Gasteiger partial charge on any atom is 0.410 e. The van der Waals surface area contributed by atoms with E-state index in [2.05, 4.69) is 4.99 Å². The first-order valence-electron chi connectivity index (χ1n) is 10.8. The van der Waals surface area contributed by atoms with Crippen molar-refractivity contribution in [3.05, 3.63) is 33.8 Å². The summed E-state index contributed by atoms with van der Waals surface area (Å²) in [5.41, 5.74) is 1.65. The van der Waals surface area contributed by atoms with E-state index in [-0.39, 0.29) is 17.9 Å². The first-order valence-corrected chi connectivity index (χ1v) is 11.1. The van der Waals surface area contributed by atoms with Gasteiger partial charge in [-0.25, -0.2) is 9.79 Å². The molecule has 1 fully saturated rings. The molecular formula is C24H36ClN3O3. The minimum absolute atomic E-state index is 0.199. The molecule has 1 aromatic rings. The summed E-state index contributed by atoms with van der Waals surface area (Å²) in [4.78, 5) is 33.0. The number of benzene rings is 1. The second-order valence-electron chi connectivity index (χ2n) is 10.1. The highest BCUT2D eigenvalue weighted by Gasteiger charge is 2.36. The van der Waals surface area contributed by atoms with Crippen LogP contribution in [0.15, 0.2) is 17.1 Å². The van der Waals surface area contributed by atoms with E-state index < -0.39 is 11.0 Å². The predicted octanol–water partition coefficient (Wildman–Crippen LogP) is 5.16. The van der Waals surface area contributed by atoms with Crippen LogP contribution in [-0.4, -0.2) is 60.9 Å². The normalized spacial score (nSPS) is 16.0. The summed E-state index contributed by atoms with van der Waals surface area (Å²) in [5.74, 6) is 0.00653. The van der Waals surface area contributed by atoms with Crippen LogP contribution in [0.1, 0.15) is 70.1 Å². The van der Waals surface area contributed by atoms with Gasteiger partial charge >= 0.3 is 6.09 Å². The van der Waals surface area contributed by atoms with Crippen molar-refractivity contribution >= 4 is 29.9 Å². The lowest BCUT2D eigenvalue weighted by Gasteiger charge is -2.36. The molecule has 1 heterocycles. The Kier molecular flexibility index (Phi) is 7.79. The molecule has 31 heavy (non-hydrogen) atoms. The highest BCUT2D eigenvalue weighted by molar-refractivity contribution is 6.31. The monoisotopic (exact) mass is 449 g/mol. The molecule has 2 rings (SSSR count). The van der Waals surface area contributed by atoms with E-state index >= 15 is 0 Å². The number of rotatable bonds is 4. The van der Waals surface area contributed by atoms with Gasteiger partial charge in [-0.3, -0.25) is 4.79 Å². The molecule has 0 saturated carbocycles. The SMILES string of the molecule is Cc1cc(C(C)(C)C(=O)N=CN(C)C)c(C2CCN(C(=O)OC(C)(C)C)CC2)cc1Cl. The molecule has 0 unspecified atom stereocenters. The Morgan fingerprint density at radius 1 is 1.16 bits per heavy atom. The quantitative estimate of drug-likeness (QED) is 0.470. The van der Waals surface area contributed by atoms with Crippen LogP contribution in [0.25, 0.3) is 0 Å². The minimum atomic E-state index is -0.792. The summed E-state index contributed by atoms with van der Waals surface area (Å²) in [6.45, 7) is 12.6. The highest BCUT2D eigenvalue weighted by Crippen LogP contribution is 2.39. The summed E-state index contributed by atoms with van der Waals surface area (Å²) < 4.78 is 5.51. The van der Waals surface area contributed by atoms with E-state index in [1.165, 1.54) is 6.34 Å². The van der Waals surface area contributed by atoms with Crippen molar-refractivity contribution in [3.8, 4) is 0 Å². The number of nitrogens with zero attached hydrogens (tertiary/aromatic N) is 3. The van der Waals surface area contributed by atoms with Gasteiger partial charge in [0.1, 0.15) is 5.60 Å². The smallest absolute Gasteiger partial charge is 0.410 e. The van der Waals surface area contributed by atoms with Gasteiger partial charge in [-0.15, -0.1) is 0 Å². The lowest BCUT2D eigenvalue weighted by atomic mass is 9.75. The van der Waals surface area contributed by atoms with Crippen molar-refractivity contribution in [3.63, 3.8) is 0 Å². The molecule has 7 heteroatoms. The molecule has 0 aromatic heterocycles. The predicted molar refractivity (Wildman–Crippen MR) is 126 cm³/mol. The molecule has 0 spiro atoms. The van der Waals surface area contributed by atoms with Crippen LogP contribution < -0.4 is 0 Å². The molecule has 0 atom stereocenters. The second kappa shape index (κ2) is 9.60. The zero-order valence-electron chi connectivity index (χ0n) is 20.1. The van der Waals surface area contributed by atoms with Crippen LogP contribution in [0, 0.1) is 6.92 Å². The van der Waals surface area contributed by atoms with Gasteiger partial charge < -0.3 is 14.5 Å². The molecule has 172 valence electrons. The molecule has 6 nitrogen and oxygen atoms in total. The van der Waals surface area contributed by atoms with Crippen LogP contribution >= 0.6 is 11.6 Å². The Balaban J connectivity index is 2.29. The lowest BCUT2D eigenvalue weighted by Crippen LogP contribution is -2.41. The fraction of sp³-hybridized carbons (Fsp3) is 0.625. The van der Waals surface area contributed by atoms with Crippen molar-refractivity contribution < 1.29 is 14.3 Å². The summed E-state index contributed by atoms with van der Waals surface area (Å²) in [7, 11) is 3.67. The standard InChI is InChI=1S/C24H36ClN3O3/c1-16-13-19(24(5,6)21(29)26-15-27(7)8)18(14-20(16)25)17-9-11-28(12-10-17)22(30)31-23(2,3)4/h13-15,17H,9-12H2,1-8H3. The fourth-order valence-electron chi connectivity index (χ4n) is 3.72. The van der Waals surface area contributed by atoms with E-state index in [1.54, 1.807) is 9.80 Å². The summed E-state index contributed by atoms with van der Waals surface area (Å²) >= 11 is 6.48. The summed E-state index contributed by atoms with van der Waals surface area (Å²) in [5, 5.41) is 0.688. The summed E-state index contributed by atoms with van der Waals surface area (Å²) in [6.07, 6.45) is 2.83. The Bertz CT molecular complexity index is 848. The largest absolute Gasteiger partial charge is 0.444 e. The third-order valence-electron chi connectivity index (χ3n) is 5.53. The van der Waals surface area contributed by atoms with Crippen molar-refractivity contribution in [1.82, 2.24) is 9.80 Å². The van der Waals surface area contributed by atoms with Crippen LogP contribution in [0.2, 0.25) is 5.02 Å². The number of likely N-dealkylation sites (tertiary alicyclic amines) is 1. The molecular weight excluding hydrogens is 414 g/mol. The molecule has 2 amide bonds. The number of carbonyl (C=O) groups is 2. The Morgan fingerprint density at radius 2 is 1.74 bits per heavy atom. The maximum absolute atomic E-state index is 12.9. The van der Waals surface area contributed by atoms with Crippen LogP contribution in [-0.2, 0) is 14.9 Å². The van der Waals surface area contributed by atoms with Gasteiger partial charge in [0.25, 0.3) is 5.91 Å². The number of ether oxygens (including phenoxy) is 1. The molecule has 1 aliphatic heterocycles. The van der Waals surface area contributed by atoms with E-state index in [0.29, 0.717) is 18.1 Å². The van der Waals surface area contributed by atoms with Crippen molar-refractivity contribution in [1.29, 1.82) is 0 Å². The molecule has 1 saturated heterocycles. The lowest BCUT2D eigenvalue weighted by molar-refractivity contribution is -0.122. The zero-order valence-corrected chi connectivity index (χ0v) is 20.8. The first kappa shape index (κ1) is 25.2. The molecule has 0 bridgehead atoms. The average Bonchev–Trinajstić information content (AvgIpc) is 2.66. The molecule has 0 radical (unpaired) electrons. The van der Waals surface area contributed by atoms with E-state index in [0.717, 1.165) is 29.5 Å². The van der Waals surface area contributed by atoms with Gasteiger partial charge in [-0.05, 0) is 83.1 Å². The van der Waals surface area contributed by atoms with Crippen molar-refractivity contribution in [2.75, 3.05) is 27.2 Å². The van der Waals surface area contributed by atoms with Crippen molar-refractivity contribution in [2.24, 2.45) is 4.99 Å². The third kappa shape index (κ3) is 6.45. The molecule has 1 aromatic carbocycles. The van der Waals surface area contributed by atoms with E-state index in [1.807, 2.05) is 67.8 Å². The topological polar surface area (TPSA) is 62.2 Å². The average molecular weight is 450 g/mol. The second-order valence-corrected chi connectivity index (χ2v) is 10.5. The number of piperidine rings is 1. The van der Waals surface area contributed by atoms with E-state index in [9.17, 15) is 9.59 Å². The Hall–Kier alpha value is -2.08. The maximum atomic E-state index is 12.9. The summed E-state index contributed by atoms with van der Waals surface area (Å²) in [6, 6.07) is 4.01. The molecule has 0 aliphatic carbocycles. The number of aliphatic imine (C=N–C) groups is 1. The van der Waals surface area contributed by atoms with Gasteiger partial charge in [0, 0.05) is 32.2 Å². The number of aryl methyl sites for hydroxylation is 1. The highest BCUT2D eigenvalue weighted by atomic mass is 35.5. The minimum Gasteiger partial charge on any atom is -0.444 e. The number of hydrogen-bond acceptors (Lipinski definition) is 3. The van der Waals surface area contributed by atoms with Crippen molar-refractivity contribution in [2.45, 2.75) is 71.3 Å². The number of hydrogen-bond donors (Lipinski definition) is 0. The Morgan fingerprint density at radius 3 is 2.26 bits per heavy atom. The third-order valence-corrected chi connectivity index (χ3v) is 5.94. The fourth-order valence-corrected chi connectivity index (χ4v) is 3.89. The van der Waals surface area contributed by atoms with Gasteiger partial charge in [0.2, 0.25) is 0 Å². The number of amides is 2. The molecule has 0 N–H and O–H groups in total. The van der Waals surface area contributed by atoms with Crippen LogP contribution in [0.3, 0.4) is 0 Å². The van der Waals surface area contributed by atoms with Gasteiger partial charge in [-0.2, -0.15) is 0 Å².